The van der Waals surface area contributed by atoms with Crippen LogP contribution in [0.1, 0.15) is 6.92 Å². The van der Waals surface area contributed by atoms with Gasteiger partial charge >= 0.3 is 0 Å². The van der Waals surface area contributed by atoms with Gasteiger partial charge in [-0.1, -0.05) is 11.6 Å². The lowest BCUT2D eigenvalue weighted by molar-refractivity contribution is -0.384. The van der Waals surface area contributed by atoms with Gasteiger partial charge in [0.15, 0.2) is 6.10 Å². The van der Waals surface area contributed by atoms with Crippen LogP contribution in [0, 0.1) is 15.9 Å². The second-order valence-electron chi connectivity index (χ2n) is 4.62. The zero-order valence-electron chi connectivity index (χ0n) is 12.0. The number of hydrogen-bond donors (Lipinski definition) is 1. The highest BCUT2D eigenvalue weighted by Crippen LogP contribution is 2.27. The molecular weight excluding hydrogens is 327 g/mol. The Kier molecular flexibility index (Phi) is 5.13. The Morgan fingerprint density at radius 1 is 1.30 bits per heavy atom. The Hall–Kier alpha value is -2.67. The molecule has 1 atom stereocenters. The number of non-ortho nitro benzene ring substituents is 1. The summed E-state index contributed by atoms with van der Waals surface area (Å²) < 4.78 is 18.2. The van der Waals surface area contributed by atoms with Crippen molar-refractivity contribution >= 4 is 28.9 Å². The van der Waals surface area contributed by atoms with E-state index in [0.29, 0.717) is 5.75 Å². The summed E-state index contributed by atoms with van der Waals surface area (Å²) in [4.78, 5) is 22.2. The van der Waals surface area contributed by atoms with E-state index in [4.69, 9.17) is 16.3 Å². The fourth-order valence-electron chi connectivity index (χ4n) is 1.73. The van der Waals surface area contributed by atoms with Crippen molar-refractivity contribution in [2.45, 2.75) is 13.0 Å². The van der Waals surface area contributed by atoms with Crippen LogP contribution in [-0.4, -0.2) is 16.9 Å². The molecule has 0 spiro atoms. The maximum Gasteiger partial charge on any atom is 0.271 e. The number of nitrogens with one attached hydrogen (secondary N) is 1. The molecule has 120 valence electrons. The van der Waals surface area contributed by atoms with Gasteiger partial charge in [-0.05, 0) is 37.3 Å². The molecule has 23 heavy (non-hydrogen) atoms. The van der Waals surface area contributed by atoms with Gasteiger partial charge in [-0.3, -0.25) is 14.9 Å². The maximum atomic E-state index is 12.8. The van der Waals surface area contributed by atoms with E-state index in [1.807, 2.05) is 0 Å². The average molecular weight is 339 g/mol. The molecule has 0 aromatic heterocycles. The lowest BCUT2D eigenvalue weighted by atomic mass is 10.2. The van der Waals surface area contributed by atoms with Crippen LogP contribution in [0.15, 0.2) is 42.5 Å². The van der Waals surface area contributed by atoms with Crippen LogP contribution < -0.4 is 10.1 Å². The molecule has 2 aromatic rings. The molecule has 2 aromatic carbocycles. The molecule has 0 fully saturated rings. The summed E-state index contributed by atoms with van der Waals surface area (Å²) in [5, 5.41) is 13.4. The third kappa shape index (κ3) is 4.40. The molecule has 6 nitrogen and oxygen atoms in total. The van der Waals surface area contributed by atoms with Gasteiger partial charge in [0, 0.05) is 12.1 Å². The SMILES string of the molecule is C[C@@H](Oc1ccc(F)cc1)C(=O)Nc1cc([N+](=O)[O-])ccc1Cl. The first-order valence-corrected chi connectivity index (χ1v) is 6.91. The summed E-state index contributed by atoms with van der Waals surface area (Å²) in [6.45, 7) is 1.49. The third-order valence-electron chi connectivity index (χ3n) is 2.91. The highest BCUT2D eigenvalue weighted by atomic mass is 35.5. The minimum atomic E-state index is -0.907. The van der Waals surface area contributed by atoms with Crippen LogP contribution in [0.4, 0.5) is 15.8 Å². The van der Waals surface area contributed by atoms with E-state index in [-0.39, 0.29) is 16.4 Å². The second kappa shape index (κ2) is 7.06. The molecule has 8 heteroatoms. The smallest absolute Gasteiger partial charge is 0.271 e. The number of amides is 1. The predicted molar refractivity (Wildman–Crippen MR) is 83.2 cm³/mol. The fraction of sp³-hybridized carbons (Fsp3) is 0.133. The molecule has 0 aliphatic heterocycles. The van der Waals surface area contributed by atoms with Crippen molar-refractivity contribution in [2.75, 3.05) is 5.32 Å². The Balaban J connectivity index is 2.07. The summed E-state index contributed by atoms with van der Waals surface area (Å²) in [6, 6.07) is 8.90. The predicted octanol–water partition coefficient (Wildman–Crippen LogP) is 3.79. The van der Waals surface area contributed by atoms with Crippen LogP contribution >= 0.6 is 11.6 Å². The number of benzene rings is 2. The number of nitro benzene ring substituents is 1. The maximum absolute atomic E-state index is 12.8. The lowest BCUT2D eigenvalue weighted by Gasteiger charge is -2.15. The minimum absolute atomic E-state index is 0.112. The molecule has 0 bridgehead atoms. The number of carbonyl (C=O) groups excluding carboxylic acids is 1. The van der Waals surface area contributed by atoms with E-state index < -0.39 is 22.8 Å². The van der Waals surface area contributed by atoms with Gasteiger partial charge in [0.2, 0.25) is 0 Å². The number of carbonyl (C=O) groups is 1. The molecule has 1 N–H and O–H groups in total. The van der Waals surface area contributed by atoms with Crippen LogP contribution in [0.5, 0.6) is 5.75 Å². The number of nitrogens with zero attached hydrogens (tertiary/aromatic N) is 1. The molecule has 2 rings (SSSR count). The summed E-state index contributed by atoms with van der Waals surface area (Å²) in [5.41, 5.74) is -0.0859. The van der Waals surface area contributed by atoms with E-state index in [1.165, 1.54) is 43.3 Å². The van der Waals surface area contributed by atoms with Crippen molar-refractivity contribution in [3.05, 3.63) is 63.4 Å². The molecular formula is C15H12ClFN2O4. The minimum Gasteiger partial charge on any atom is -0.481 e. The zero-order chi connectivity index (χ0) is 17.0. The second-order valence-corrected chi connectivity index (χ2v) is 5.03. The zero-order valence-corrected chi connectivity index (χ0v) is 12.7. The van der Waals surface area contributed by atoms with Crippen LogP contribution in [0.25, 0.3) is 0 Å². The number of halogens is 2. The lowest BCUT2D eigenvalue weighted by Crippen LogP contribution is -2.30. The standard InChI is InChI=1S/C15H12ClFN2O4/c1-9(23-12-5-2-10(17)3-6-12)15(20)18-14-8-11(19(21)22)4-7-13(14)16/h2-9H,1H3,(H,18,20)/t9-/m1/s1. The first kappa shape index (κ1) is 16.7. The summed E-state index contributed by atoms with van der Waals surface area (Å²) >= 11 is 5.91. The highest BCUT2D eigenvalue weighted by molar-refractivity contribution is 6.33. The van der Waals surface area contributed by atoms with Gasteiger partial charge in [0.25, 0.3) is 11.6 Å². The van der Waals surface area contributed by atoms with E-state index in [0.717, 1.165) is 6.07 Å². The van der Waals surface area contributed by atoms with Gasteiger partial charge < -0.3 is 10.1 Å². The topological polar surface area (TPSA) is 81.5 Å². The van der Waals surface area contributed by atoms with Crippen molar-refractivity contribution in [3.8, 4) is 5.75 Å². The Labute approximate surface area is 136 Å². The van der Waals surface area contributed by atoms with Crippen LogP contribution in [-0.2, 0) is 4.79 Å². The summed E-state index contributed by atoms with van der Waals surface area (Å²) in [6.07, 6.45) is -0.907. The number of rotatable bonds is 5. The number of hydrogen-bond acceptors (Lipinski definition) is 4. The molecule has 0 saturated carbocycles. The van der Waals surface area contributed by atoms with Crippen molar-refractivity contribution in [1.82, 2.24) is 0 Å². The molecule has 0 aliphatic rings. The summed E-state index contributed by atoms with van der Waals surface area (Å²) in [5.74, 6) is -0.645. The number of anilines is 1. The van der Waals surface area contributed by atoms with Crippen molar-refractivity contribution in [2.24, 2.45) is 0 Å². The van der Waals surface area contributed by atoms with Crippen molar-refractivity contribution < 1.29 is 18.8 Å². The van der Waals surface area contributed by atoms with E-state index in [2.05, 4.69) is 5.32 Å². The molecule has 0 heterocycles. The quantitative estimate of drug-likeness (QED) is 0.664. The van der Waals surface area contributed by atoms with Crippen LogP contribution in [0.2, 0.25) is 5.02 Å². The molecule has 0 radical (unpaired) electrons. The molecule has 1 amide bonds. The van der Waals surface area contributed by atoms with Crippen molar-refractivity contribution in [3.63, 3.8) is 0 Å². The first-order valence-electron chi connectivity index (χ1n) is 6.54. The van der Waals surface area contributed by atoms with Gasteiger partial charge in [0.05, 0.1) is 15.6 Å². The first-order chi connectivity index (χ1) is 10.9. The van der Waals surface area contributed by atoms with Crippen molar-refractivity contribution in [1.29, 1.82) is 0 Å². The number of ether oxygens (including phenoxy) is 1. The molecule has 0 aliphatic carbocycles. The van der Waals surface area contributed by atoms with E-state index in [9.17, 15) is 19.3 Å². The normalized spacial score (nSPS) is 11.6. The molecule has 0 unspecified atom stereocenters. The van der Waals surface area contributed by atoms with E-state index >= 15 is 0 Å². The van der Waals surface area contributed by atoms with E-state index in [1.54, 1.807) is 0 Å². The van der Waals surface area contributed by atoms with Gasteiger partial charge in [-0.2, -0.15) is 0 Å². The Bertz CT molecular complexity index is 737. The molecule has 0 saturated heterocycles. The Morgan fingerprint density at radius 3 is 2.57 bits per heavy atom. The average Bonchev–Trinajstić information content (AvgIpc) is 2.51. The third-order valence-corrected chi connectivity index (χ3v) is 3.24. The van der Waals surface area contributed by atoms with Crippen LogP contribution in [0.3, 0.4) is 0 Å². The monoisotopic (exact) mass is 338 g/mol. The summed E-state index contributed by atoms with van der Waals surface area (Å²) in [7, 11) is 0. The van der Waals surface area contributed by atoms with Gasteiger partial charge in [0.1, 0.15) is 11.6 Å². The fourth-order valence-corrected chi connectivity index (χ4v) is 1.89. The van der Waals surface area contributed by atoms with Gasteiger partial charge in [-0.15, -0.1) is 0 Å². The Morgan fingerprint density at radius 2 is 1.96 bits per heavy atom. The number of nitro groups is 1. The largest absolute Gasteiger partial charge is 0.481 e. The van der Waals surface area contributed by atoms with Gasteiger partial charge in [-0.25, -0.2) is 4.39 Å². The highest BCUT2D eigenvalue weighted by Gasteiger charge is 2.18.